The van der Waals surface area contributed by atoms with Gasteiger partial charge < -0.3 is 42.6 Å². The number of hydrogen-bond acceptors (Lipinski definition) is 7. The Bertz CT molecular complexity index is 1310. The number of phenols is 1. The van der Waals surface area contributed by atoms with Crippen LogP contribution in [0.3, 0.4) is 0 Å². The van der Waals surface area contributed by atoms with Crippen molar-refractivity contribution in [1.82, 2.24) is 20.9 Å². The van der Waals surface area contributed by atoms with Gasteiger partial charge in [0.15, 0.2) is 0 Å². The minimum Gasteiger partial charge on any atom is -0.508 e. The minimum absolute atomic E-state index is 0.0452. The number of aromatic hydroxyl groups is 1. The topological polar surface area (TPSA) is 213 Å². The van der Waals surface area contributed by atoms with Gasteiger partial charge in [0.2, 0.25) is 17.7 Å². The second-order valence-corrected chi connectivity index (χ2v) is 9.56. The Morgan fingerprint density at radius 2 is 1.62 bits per heavy atom. The molecule has 1 heterocycles. The van der Waals surface area contributed by atoms with Crippen molar-refractivity contribution in [1.29, 1.82) is 0 Å². The van der Waals surface area contributed by atoms with Crippen molar-refractivity contribution in [2.75, 3.05) is 13.1 Å². The zero-order valence-electron chi connectivity index (χ0n) is 22.1. The van der Waals surface area contributed by atoms with Crippen LogP contribution in [0.25, 0.3) is 10.9 Å². The lowest BCUT2D eigenvalue weighted by Crippen LogP contribution is -2.54. The average molecular weight is 553 g/mol. The fourth-order valence-corrected chi connectivity index (χ4v) is 4.28. The van der Waals surface area contributed by atoms with Crippen molar-refractivity contribution in [3.8, 4) is 5.75 Å². The normalized spacial score (nSPS) is 13.2. The molecule has 0 aliphatic heterocycles. The van der Waals surface area contributed by atoms with Gasteiger partial charge in [-0.1, -0.05) is 30.3 Å². The molecule has 0 aliphatic rings. The Labute approximate surface area is 231 Å². The summed E-state index contributed by atoms with van der Waals surface area (Å²) < 4.78 is 0. The van der Waals surface area contributed by atoms with Crippen molar-refractivity contribution in [3.05, 3.63) is 65.9 Å². The van der Waals surface area contributed by atoms with Gasteiger partial charge in [-0.3, -0.25) is 14.4 Å². The molecule has 12 heteroatoms. The van der Waals surface area contributed by atoms with E-state index in [9.17, 15) is 29.4 Å². The molecular formula is C28H36N6O6. The molecule has 0 radical (unpaired) electrons. The van der Waals surface area contributed by atoms with Gasteiger partial charge in [0.25, 0.3) is 0 Å². The molecule has 3 rings (SSSR count). The summed E-state index contributed by atoms with van der Waals surface area (Å²) in [6, 6.07) is 10.5. The Kier molecular flexibility index (Phi) is 11.0. The van der Waals surface area contributed by atoms with Crippen LogP contribution in [0.4, 0.5) is 0 Å². The van der Waals surface area contributed by atoms with E-state index in [1.807, 2.05) is 24.3 Å². The molecule has 0 saturated heterocycles. The number of carboxylic acid groups (broad SMARTS) is 1. The largest absolute Gasteiger partial charge is 0.508 e. The third-order valence-electron chi connectivity index (χ3n) is 6.46. The molecule has 10 N–H and O–H groups in total. The number of hydrogen-bond donors (Lipinski definition) is 8. The van der Waals surface area contributed by atoms with E-state index in [1.165, 1.54) is 12.1 Å². The second kappa shape index (κ2) is 14.7. The number of para-hydroxylation sites is 1. The van der Waals surface area contributed by atoms with E-state index in [0.29, 0.717) is 19.4 Å². The number of benzene rings is 2. The highest BCUT2D eigenvalue weighted by molar-refractivity contribution is 5.93. The summed E-state index contributed by atoms with van der Waals surface area (Å²) in [5.74, 6) is -2.94. The number of nitrogens with one attached hydrogen (secondary N) is 4. The number of phenolic OH excluding ortho intramolecular Hbond substituents is 1. The average Bonchev–Trinajstić information content (AvgIpc) is 3.34. The molecule has 0 aliphatic carbocycles. The van der Waals surface area contributed by atoms with Crippen molar-refractivity contribution < 1.29 is 29.4 Å². The number of amides is 3. The van der Waals surface area contributed by atoms with E-state index in [0.717, 1.165) is 22.0 Å². The maximum atomic E-state index is 13.1. The number of nitrogens with two attached hydrogens (primary N) is 2. The number of aromatic amines is 1. The predicted molar refractivity (Wildman–Crippen MR) is 149 cm³/mol. The maximum absolute atomic E-state index is 13.1. The van der Waals surface area contributed by atoms with Gasteiger partial charge in [0.05, 0.1) is 12.6 Å². The van der Waals surface area contributed by atoms with Crippen LogP contribution >= 0.6 is 0 Å². The van der Waals surface area contributed by atoms with Gasteiger partial charge in [0, 0.05) is 23.5 Å². The first-order valence-electron chi connectivity index (χ1n) is 13.1. The van der Waals surface area contributed by atoms with Gasteiger partial charge in [-0.05, 0) is 61.6 Å². The van der Waals surface area contributed by atoms with Crippen LogP contribution in [0, 0.1) is 0 Å². The fourth-order valence-electron chi connectivity index (χ4n) is 4.28. The molecule has 12 nitrogen and oxygen atoms in total. The molecule has 40 heavy (non-hydrogen) atoms. The zero-order chi connectivity index (χ0) is 29.1. The van der Waals surface area contributed by atoms with E-state index >= 15 is 0 Å². The lowest BCUT2D eigenvalue weighted by molar-refractivity contribution is -0.142. The maximum Gasteiger partial charge on any atom is 0.326 e. The molecule has 2 aromatic carbocycles. The Morgan fingerprint density at radius 1 is 0.900 bits per heavy atom. The number of unbranched alkanes of at least 4 members (excludes halogenated alkanes) is 1. The van der Waals surface area contributed by atoms with Crippen LogP contribution in [-0.2, 0) is 32.0 Å². The molecule has 3 atom stereocenters. The number of rotatable bonds is 15. The van der Waals surface area contributed by atoms with E-state index in [2.05, 4.69) is 20.9 Å². The highest BCUT2D eigenvalue weighted by Gasteiger charge is 2.27. The first-order chi connectivity index (χ1) is 19.2. The van der Waals surface area contributed by atoms with E-state index in [-0.39, 0.29) is 25.0 Å². The third kappa shape index (κ3) is 8.82. The monoisotopic (exact) mass is 552 g/mol. The third-order valence-corrected chi connectivity index (χ3v) is 6.46. The number of carbonyl (C=O) groups excluding carboxylic acids is 3. The summed E-state index contributed by atoms with van der Waals surface area (Å²) in [6.45, 7) is -0.0178. The number of carboxylic acids is 1. The SMILES string of the molecule is NCCCCC(NC(=O)CNC(=O)C(N)Cc1ccc(O)cc1)C(=O)NC(Cc1c[nH]c2ccccc12)C(=O)O. The Hall–Kier alpha value is -4.42. The highest BCUT2D eigenvalue weighted by atomic mass is 16.4. The molecule has 3 unspecified atom stereocenters. The highest BCUT2D eigenvalue weighted by Crippen LogP contribution is 2.19. The number of aliphatic carboxylic acids is 1. The van der Waals surface area contributed by atoms with Crippen molar-refractivity contribution in [2.24, 2.45) is 11.5 Å². The molecular weight excluding hydrogens is 516 g/mol. The zero-order valence-corrected chi connectivity index (χ0v) is 22.1. The van der Waals surface area contributed by atoms with Gasteiger partial charge in [-0.25, -0.2) is 4.79 Å². The summed E-state index contributed by atoms with van der Waals surface area (Å²) in [5.41, 5.74) is 13.8. The Balaban J connectivity index is 1.58. The van der Waals surface area contributed by atoms with Crippen molar-refractivity contribution in [3.63, 3.8) is 0 Å². The van der Waals surface area contributed by atoms with Crippen molar-refractivity contribution in [2.45, 2.75) is 50.2 Å². The summed E-state index contributed by atoms with van der Waals surface area (Å²) in [7, 11) is 0. The smallest absolute Gasteiger partial charge is 0.326 e. The number of fused-ring (bicyclic) bond motifs is 1. The van der Waals surface area contributed by atoms with Crippen LogP contribution in [0.5, 0.6) is 5.75 Å². The number of aromatic nitrogens is 1. The minimum atomic E-state index is -1.22. The lowest BCUT2D eigenvalue weighted by atomic mass is 10.0. The first kappa shape index (κ1) is 30.1. The fraction of sp³-hybridized carbons (Fsp3) is 0.357. The van der Waals surface area contributed by atoms with Gasteiger partial charge in [0.1, 0.15) is 17.8 Å². The first-order valence-corrected chi connectivity index (χ1v) is 13.1. The van der Waals surface area contributed by atoms with Crippen LogP contribution in [-0.4, -0.2) is 70.1 Å². The summed E-state index contributed by atoms with van der Waals surface area (Å²) in [5, 5.41) is 27.6. The quantitative estimate of drug-likeness (QED) is 0.122. The standard InChI is InChI=1S/C28H36N6O6/c29-12-4-3-7-23(33-25(36)16-32-26(37)21(30)13-17-8-10-19(35)11-9-17)27(38)34-24(28(39)40)14-18-15-31-22-6-2-1-5-20(18)22/h1-2,5-6,8-11,15,21,23-24,31,35H,3-4,7,12-14,16,29-30H2,(H,32,37)(H,33,36)(H,34,38)(H,39,40). The van der Waals surface area contributed by atoms with E-state index < -0.39 is 48.4 Å². The van der Waals surface area contributed by atoms with Crippen LogP contribution in [0.15, 0.2) is 54.7 Å². The second-order valence-electron chi connectivity index (χ2n) is 9.56. The van der Waals surface area contributed by atoms with Crippen LogP contribution in [0.2, 0.25) is 0 Å². The Morgan fingerprint density at radius 3 is 2.33 bits per heavy atom. The number of H-pyrrole nitrogens is 1. The van der Waals surface area contributed by atoms with Crippen LogP contribution < -0.4 is 27.4 Å². The van der Waals surface area contributed by atoms with Crippen molar-refractivity contribution >= 4 is 34.6 Å². The molecule has 214 valence electrons. The molecule has 0 fully saturated rings. The summed E-state index contributed by atoms with van der Waals surface area (Å²) in [6.07, 6.45) is 3.33. The summed E-state index contributed by atoms with van der Waals surface area (Å²) in [4.78, 5) is 53.2. The molecule has 3 amide bonds. The molecule has 0 saturated carbocycles. The van der Waals surface area contributed by atoms with Gasteiger partial charge >= 0.3 is 5.97 Å². The summed E-state index contributed by atoms with van der Waals surface area (Å²) >= 11 is 0. The van der Waals surface area contributed by atoms with Crippen LogP contribution in [0.1, 0.15) is 30.4 Å². The molecule has 3 aromatic rings. The van der Waals surface area contributed by atoms with E-state index in [1.54, 1.807) is 18.3 Å². The van der Waals surface area contributed by atoms with E-state index in [4.69, 9.17) is 11.5 Å². The lowest BCUT2D eigenvalue weighted by Gasteiger charge is -2.22. The van der Waals surface area contributed by atoms with Gasteiger partial charge in [-0.2, -0.15) is 0 Å². The van der Waals surface area contributed by atoms with Gasteiger partial charge in [-0.15, -0.1) is 0 Å². The molecule has 0 spiro atoms. The number of carbonyl (C=O) groups is 4. The molecule has 0 bridgehead atoms. The predicted octanol–water partition coefficient (Wildman–Crippen LogP) is 0.285. The molecule has 1 aromatic heterocycles.